The minimum atomic E-state index is -0.297. The maximum Gasteiger partial charge on any atom is 0.313 e. The van der Waals surface area contributed by atoms with Crippen molar-refractivity contribution in [2.24, 2.45) is 4.99 Å². The average molecular weight is 447 g/mol. The number of nitrogens with zero attached hydrogens (tertiary/aromatic N) is 3. The number of aliphatic imine (C=N–C) groups is 1. The number of ether oxygens (including phenoxy) is 1. The van der Waals surface area contributed by atoms with E-state index in [2.05, 4.69) is 31.2 Å². The Morgan fingerprint density at radius 3 is 3.04 bits per heavy atom. The fourth-order valence-corrected chi connectivity index (χ4v) is 3.69. The standard InChI is InChI=1S/C20H23BrN4O3/c1-2-28-20(27)16(14-6-5-7-15(21)10-14)8-3-4-9-25-13-24-19-18(25)17(26)11-22-12-23-19/h5-7,10,12-13,16H,2-4,8-9,11H2,1H3,(H,22,23). The highest BCUT2D eigenvalue weighted by atomic mass is 79.9. The van der Waals surface area contributed by atoms with Gasteiger partial charge in [0.05, 0.1) is 25.2 Å². The lowest BCUT2D eigenvalue weighted by atomic mass is 9.93. The van der Waals surface area contributed by atoms with Crippen LogP contribution in [0.5, 0.6) is 0 Å². The third kappa shape index (κ3) is 4.86. The molecule has 1 aliphatic heterocycles. The number of rotatable bonds is 8. The molecule has 28 heavy (non-hydrogen) atoms. The zero-order chi connectivity index (χ0) is 19.9. The minimum absolute atomic E-state index is 0.0488. The van der Waals surface area contributed by atoms with Crippen molar-refractivity contribution >= 4 is 39.8 Å². The van der Waals surface area contributed by atoms with Gasteiger partial charge in [-0.25, -0.2) is 4.98 Å². The molecule has 148 valence electrons. The molecule has 0 amide bonds. The lowest BCUT2D eigenvalue weighted by Gasteiger charge is -2.16. The Bertz CT molecular complexity index is 878. The molecule has 7 nitrogen and oxygen atoms in total. The molecule has 0 aliphatic carbocycles. The molecule has 1 aromatic carbocycles. The van der Waals surface area contributed by atoms with Crippen LogP contribution in [0.25, 0.3) is 0 Å². The lowest BCUT2D eigenvalue weighted by Crippen LogP contribution is -2.16. The predicted molar refractivity (Wildman–Crippen MR) is 111 cm³/mol. The molecule has 1 unspecified atom stereocenters. The maximum absolute atomic E-state index is 12.4. The van der Waals surface area contributed by atoms with E-state index in [1.54, 1.807) is 6.33 Å². The van der Waals surface area contributed by atoms with Gasteiger partial charge >= 0.3 is 5.97 Å². The SMILES string of the molecule is CCOC(=O)C(CCCCn1cnc2c1C(=O)CN=CN2)c1cccc(Br)c1. The van der Waals surface area contributed by atoms with E-state index in [0.29, 0.717) is 31.1 Å². The van der Waals surface area contributed by atoms with Crippen LogP contribution in [-0.4, -0.2) is 40.8 Å². The van der Waals surface area contributed by atoms with Gasteiger partial charge in [0.15, 0.2) is 5.82 Å². The summed E-state index contributed by atoms with van der Waals surface area (Å²) in [5.41, 5.74) is 1.51. The quantitative estimate of drug-likeness (QED) is 0.492. The highest BCUT2D eigenvalue weighted by Gasteiger charge is 2.23. The summed E-state index contributed by atoms with van der Waals surface area (Å²) >= 11 is 3.46. The molecule has 1 aromatic heterocycles. The number of nitrogens with one attached hydrogen (secondary N) is 1. The van der Waals surface area contributed by atoms with Crippen molar-refractivity contribution in [2.75, 3.05) is 18.5 Å². The van der Waals surface area contributed by atoms with Crippen LogP contribution in [0.1, 0.15) is 48.2 Å². The number of fused-ring (bicyclic) bond motifs is 1. The van der Waals surface area contributed by atoms with Gasteiger partial charge in [0, 0.05) is 11.0 Å². The molecule has 0 bridgehead atoms. The molecule has 0 saturated carbocycles. The molecule has 1 atom stereocenters. The number of ketones is 1. The Morgan fingerprint density at radius 2 is 2.25 bits per heavy atom. The molecular formula is C20H23BrN4O3. The number of Topliss-reactive ketones (excluding diaryl/α,β-unsaturated/α-hetero) is 1. The summed E-state index contributed by atoms with van der Waals surface area (Å²) in [5.74, 6) is -0.000234. The number of carbonyl (C=O) groups is 2. The van der Waals surface area contributed by atoms with Crippen LogP contribution < -0.4 is 5.32 Å². The number of imidazole rings is 1. The number of anilines is 1. The number of benzene rings is 1. The smallest absolute Gasteiger partial charge is 0.313 e. The van der Waals surface area contributed by atoms with E-state index in [4.69, 9.17) is 4.74 Å². The molecule has 2 aromatic rings. The van der Waals surface area contributed by atoms with Crippen LogP contribution in [0, 0.1) is 0 Å². The van der Waals surface area contributed by atoms with Crippen molar-refractivity contribution in [3.63, 3.8) is 0 Å². The number of hydrogen-bond acceptors (Lipinski definition) is 6. The first-order chi connectivity index (χ1) is 13.6. The van der Waals surface area contributed by atoms with E-state index in [1.165, 1.54) is 6.34 Å². The third-order valence-electron chi connectivity index (χ3n) is 4.59. The number of aryl methyl sites for hydroxylation is 1. The monoisotopic (exact) mass is 446 g/mol. The Kier molecular flexibility index (Phi) is 6.97. The van der Waals surface area contributed by atoms with Crippen LogP contribution in [0.15, 0.2) is 40.1 Å². The first-order valence-corrected chi connectivity index (χ1v) is 10.1. The highest BCUT2D eigenvalue weighted by molar-refractivity contribution is 9.10. The van der Waals surface area contributed by atoms with E-state index in [0.717, 1.165) is 22.9 Å². The minimum Gasteiger partial charge on any atom is -0.466 e. The number of hydrogen-bond donors (Lipinski definition) is 1. The Balaban J connectivity index is 1.62. The van der Waals surface area contributed by atoms with Gasteiger partial charge in [0.25, 0.3) is 0 Å². The first kappa shape index (κ1) is 20.3. The van der Waals surface area contributed by atoms with Crippen molar-refractivity contribution in [3.8, 4) is 0 Å². The number of halogens is 1. The van der Waals surface area contributed by atoms with Gasteiger partial charge in [-0.15, -0.1) is 0 Å². The summed E-state index contributed by atoms with van der Waals surface area (Å²) in [6.45, 7) is 2.96. The molecular weight excluding hydrogens is 424 g/mol. The average Bonchev–Trinajstić information content (AvgIpc) is 2.98. The normalized spacial score (nSPS) is 14.1. The van der Waals surface area contributed by atoms with Crippen LogP contribution in [0.3, 0.4) is 0 Å². The van der Waals surface area contributed by atoms with Crippen molar-refractivity contribution < 1.29 is 14.3 Å². The number of carbonyl (C=O) groups excluding carboxylic acids is 2. The second-order valence-corrected chi connectivity index (χ2v) is 7.44. The summed E-state index contributed by atoms with van der Waals surface area (Å²) in [6.07, 6.45) is 5.50. The summed E-state index contributed by atoms with van der Waals surface area (Å²) < 4.78 is 8.06. The maximum atomic E-state index is 12.4. The van der Waals surface area contributed by atoms with Gasteiger partial charge in [0.1, 0.15) is 12.2 Å². The van der Waals surface area contributed by atoms with Gasteiger partial charge in [-0.05, 0) is 37.5 Å². The zero-order valence-electron chi connectivity index (χ0n) is 15.7. The van der Waals surface area contributed by atoms with Crippen molar-refractivity contribution in [1.29, 1.82) is 0 Å². The molecule has 1 aliphatic rings. The van der Waals surface area contributed by atoms with Crippen molar-refractivity contribution in [3.05, 3.63) is 46.3 Å². The van der Waals surface area contributed by atoms with Gasteiger partial charge < -0.3 is 14.6 Å². The second kappa shape index (κ2) is 9.64. The fraction of sp³-hybridized carbons (Fsp3) is 0.400. The first-order valence-electron chi connectivity index (χ1n) is 9.35. The van der Waals surface area contributed by atoms with Gasteiger partial charge in [-0.3, -0.25) is 14.6 Å². The highest BCUT2D eigenvalue weighted by Crippen LogP contribution is 2.27. The second-order valence-electron chi connectivity index (χ2n) is 6.53. The molecule has 0 spiro atoms. The molecule has 1 N–H and O–H groups in total. The van der Waals surface area contributed by atoms with Gasteiger partial charge in [0.2, 0.25) is 5.78 Å². The van der Waals surface area contributed by atoms with E-state index >= 15 is 0 Å². The molecule has 0 radical (unpaired) electrons. The van der Waals surface area contributed by atoms with Crippen molar-refractivity contribution in [2.45, 2.75) is 38.6 Å². The zero-order valence-corrected chi connectivity index (χ0v) is 17.3. The molecule has 8 heteroatoms. The largest absolute Gasteiger partial charge is 0.466 e. The molecule has 0 fully saturated rings. The van der Waals surface area contributed by atoms with E-state index < -0.39 is 0 Å². The van der Waals surface area contributed by atoms with Crippen LogP contribution >= 0.6 is 15.9 Å². The number of esters is 1. The van der Waals surface area contributed by atoms with Crippen LogP contribution in [0.2, 0.25) is 0 Å². The fourth-order valence-electron chi connectivity index (χ4n) is 3.28. The lowest BCUT2D eigenvalue weighted by molar-refractivity contribution is -0.145. The third-order valence-corrected chi connectivity index (χ3v) is 5.09. The number of unbranched alkanes of at least 4 members (excludes halogenated alkanes) is 1. The topological polar surface area (TPSA) is 85.6 Å². The van der Waals surface area contributed by atoms with Gasteiger partial charge in [-0.2, -0.15) is 0 Å². The predicted octanol–water partition coefficient (Wildman–Crippen LogP) is 3.80. The van der Waals surface area contributed by atoms with E-state index in [9.17, 15) is 9.59 Å². The van der Waals surface area contributed by atoms with Crippen molar-refractivity contribution in [1.82, 2.24) is 9.55 Å². The van der Waals surface area contributed by atoms with Gasteiger partial charge in [-0.1, -0.05) is 34.5 Å². The van der Waals surface area contributed by atoms with E-state index in [-0.39, 0.29) is 24.2 Å². The Hall–Kier alpha value is -2.48. The summed E-state index contributed by atoms with van der Waals surface area (Å²) in [4.78, 5) is 32.9. The Morgan fingerprint density at radius 1 is 1.39 bits per heavy atom. The molecule has 0 saturated heterocycles. The summed E-state index contributed by atoms with van der Waals surface area (Å²) in [5, 5.41) is 2.93. The Labute approximate surface area is 172 Å². The number of aromatic nitrogens is 2. The molecule has 3 rings (SSSR count). The summed E-state index contributed by atoms with van der Waals surface area (Å²) in [6, 6.07) is 7.77. The van der Waals surface area contributed by atoms with Crippen LogP contribution in [0.4, 0.5) is 5.82 Å². The molecule has 2 heterocycles. The van der Waals surface area contributed by atoms with E-state index in [1.807, 2.05) is 35.8 Å². The summed E-state index contributed by atoms with van der Waals surface area (Å²) in [7, 11) is 0. The van der Waals surface area contributed by atoms with Crippen LogP contribution in [-0.2, 0) is 16.1 Å².